The molecule has 100 valence electrons. The molecule has 1 saturated heterocycles. The lowest BCUT2D eigenvalue weighted by atomic mass is 10.0. The van der Waals surface area contributed by atoms with E-state index in [1.165, 1.54) is 0 Å². The summed E-state index contributed by atoms with van der Waals surface area (Å²) in [5, 5.41) is 4.93. The number of rotatable bonds is 2. The number of hydrogen-bond donors (Lipinski definition) is 1. The SMILES string of the molecule is COc1ccc(C=C2NC(=S)SC2=O)c2ccccc12. The first-order chi connectivity index (χ1) is 9.69. The van der Waals surface area contributed by atoms with Crippen LogP contribution in [0.4, 0.5) is 0 Å². The molecule has 0 amide bonds. The zero-order chi connectivity index (χ0) is 14.1. The fourth-order valence-electron chi connectivity index (χ4n) is 2.17. The predicted molar refractivity (Wildman–Crippen MR) is 86.8 cm³/mol. The number of hydrogen-bond acceptors (Lipinski definition) is 4. The molecule has 0 bridgehead atoms. The number of fused-ring (bicyclic) bond motifs is 1. The van der Waals surface area contributed by atoms with Crippen LogP contribution in [0.1, 0.15) is 5.56 Å². The van der Waals surface area contributed by atoms with Gasteiger partial charge < -0.3 is 10.1 Å². The van der Waals surface area contributed by atoms with E-state index in [1.54, 1.807) is 7.11 Å². The first-order valence-corrected chi connectivity index (χ1v) is 7.22. The Labute approximate surface area is 126 Å². The van der Waals surface area contributed by atoms with Gasteiger partial charge in [-0.25, -0.2) is 0 Å². The molecule has 3 rings (SSSR count). The molecule has 1 N–H and O–H groups in total. The molecule has 0 spiro atoms. The van der Waals surface area contributed by atoms with Crippen LogP contribution >= 0.6 is 24.0 Å². The second-order valence-corrected chi connectivity index (χ2v) is 5.91. The van der Waals surface area contributed by atoms with Crippen molar-refractivity contribution in [2.75, 3.05) is 7.11 Å². The number of carbonyl (C=O) groups is 1. The van der Waals surface area contributed by atoms with Crippen LogP contribution in [0.15, 0.2) is 42.1 Å². The summed E-state index contributed by atoms with van der Waals surface area (Å²) in [6, 6.07) is 11.8. The number of ether oxygens (including phenoxy) is 1. The lowest BCUT2D eigenvalue weighted by molar-refractivity contribution is -0.107. The Kier molecular flexibility index (Phi) is 3.46. The van der Waals surface area contributed by atoms with Crippen LogP contribution in [0, 0.1) is 0 Å². The quantitative estimate of drug-likeness (QED) is 0.680. The van der Waals surface area contributed by atoms with Crippen LogP contribution in [-0.4, -0.2) is 16.5 Å². The summed E-state index contributed by atoms with van der Waals surface area (Å²) in [5.74, 6) is 0.818. The van der Waals surface area contributed by atoms with Crippen molar-refractivity contribution in [3.63, 3.8) is 0 Å². The van der Waals surface area contributed by atoms with E-state index >= 15 is 0 Å². The molecule has 20 heavy (non-hydrogen) atoms. The molecular formula is C15H11NO2S2. The number of methoxy groups -OCH3 is 1. The highest BCUT2D eigenvalue weighted by atomic mass is 32.2. The van der Waals surface area contributed by atoms with E-state index in [0.29, 0.717) is 10.0 Å². The molecule has 0 saturated carbocycles. The van der Waals surface area contributed by atoms with Gasteiger partial charge in [0.05, 0.1) is 12.8 Å². The maximum absolute atomic E-state index is 11.8. The Morgan fingerprint density at radius 3 is 2.60 bits per heavy atom. The van der Waals surface area contributed by atoms with E-state index in [0.717, 1.165) is 33.8 Å². The van der Waals surface area contributed by atoms with Crippen LogP contribution in [0.2, 0.25) is 0 Å². The van der Waals surface area contributed by atoms with Crippen molar-refractivity contribution in [1.29, 1.82) is 0 Å². The molecule has 1 aliphatic heterocycles. The van der Waals surface area contributed by atoms with Gasteiger partial charge in [-0.15, -0.1) is 0 Å². The number of thiocarbonyl (C=S) groups is 1. The maximum Gasteiger partial charge on any atom is 0.242 e. The Balaban J connectivity index is 2.16. The second-order valence-electron chi connectivity index (χ2n) is 4.26. The fourth-order valence-corrected chi connectivity index (χ4v) is 3.06. The van der Waals surface area contributed by atoms with E-state index in [2.05, 4.69) is 5.32 Å². The molecule has 2 aromatic rings. The van der Waals surface area contributed by atoms with Crippen molar-refractivity contribution in [1.82, 2.24) is 5.32 Å². The van der Waals surface area contributed by atoms with Crippen molar-refractivity contribution >= 4 is 50.3 Å². The molecule has 1 fully saturated rings. The lowest BCUT2D eigenvalue weighted by Gasteiger charge is -2.08. The monoisotopic (exact) mass is 301 g/mol. The van der Waals surface area contributed by atoms with Gasteiger partial charge in [0.2, 0.25) is 5.12 Å². The highest BCUT2D eigenvalue weighted by Crippen LogP contribution is 2.30. The summed E-state index contributed by atoms with van der Waals surface area (Å²) in [7, 11) is 1.65. The minimum Gasteiger partial charge on any atom is -0.496 e. The van der Waals surface area contributed by atoms with Crippen LogP contribution in [0.5, 0.6) is 5.75 Å². The molecular weight excluding hydrogens is 290 g/mol. The normalized spacial score (nSPS) is 16.8. The molecule has 0 aromatic heterocycles. The molecule has 5 heteroatoms. The van der Waals surface area contributed by atoms with Crippen molar-refractivity contribution < 1.29 is 9.53 Å². The summed E-state index contributed by atoms with van der Waals surface area (Å²) >= 11 is 6.04. The molecule has 3 nitrogen and oxygen atoms in total. The van der Waals surface area contributed by atoms with Gasteiger partial charge in [-0.3, -0.25) is 4.79 Å². The number of thioether (sulfide) groups is 1. The average Bonchev–Trinajstić information content (AvgIpc) is 2.77. The molecule has 1 heterocycles. The molecule has 0 radical (unpaired) electrons. The van der Waals surface area contributed by atoms with Crippen molar-refractivity contribution in [2.24, 2.45) is 0 Å². The van der Waals surface area contributed by atoms with Crippen molar-refractivity contribution in [2.45, 2.75) is 0 Å². The second kappa shape index (κ2) is 5.26. The van der Waals surface area contributed by atoms with Gasteiger partial charge in [-0.1, -0.05) is 42.5 Å². The molecule has 0 atom stereocenters. The van der Waals surface area contributed by atoms with Gasteiger partial charge in [0.15, 0.2) is 0 Å². The number of carbonyl (C=O) groups excluding carboxylic acids is 1. The van der Waals surface area contributed by atoms with E-state index in [-0.39, 0.29) is 5.12 Å². The van der Waals surface area contributed by atoms with E-state index in [4.69, 9.17) is 17.0 Å². The lowest BCUT2D eigenvalue weighted by Crippen LogP contribution is -2.10. The largest absolute Gasteiger partial charge is 0.496 e. The van der Waals surface area contributed by atoms with Gasteiger partial charge in [0.1, 0.15) is 10.1 Å². The zero-order valence-corrected chi connectivity index (χ0v) is 12.3. The standard InChI is InChI=1S/C15H11NO2S2/c1-18-13-7-6-9(10-4-2-3-5-11(10)13)8-12-14(17)20-15(19)16-12/h2-8H,1H3,(H,16,19). The van der Waals surface area contributed by atoms with Crippen LogP contribution in [-0.2, 0) is 4.79 Å². The zero-order valence-electron chi connectivity index (χ0n) is 10.7. The van der Waals surface area contributed by atoms with E-state index < -0.39 is 0 Å². The van der Waals surface area contributed by atoms with E-state index in [9.17, 15) is 4.79 Å². The van der Waals surface area contributed by atoms with Crippen LogP contribution < -0.4 is 10.1 Å². The predicted octanol–water partition coefficient (Wildman–Crippen LogP) is 3.34. The molecule has 2 aromatic carbocycles. The Bertz CT molecular complexity index is 753. The van der Waals surface area contributed by atoms with Gasteiger partial charge in [0, 0.05) is 5.39 Å². The third-order valence-electron chi connectivity index (χ3n) is 3.08. The van der Waals surface area contributed by atoms with Gasteiger partial charge >= 0.3 is 0 Å². The molecule has 0 aliphatic carbocycles. The van der Waals surface area contributed by atoms with E-state index in [1.807, 2.05) is 42.5 Å². The average molecular weight is 301 g/mol. The first kappa shape index (κ1) is 13.1. The number of nitrogens with one attached hydrogen (secondary N) is 1. The smallest absolute Gasteiger partial charge is 0.242 e. The van der Waals surface area contributed by atoms with Crippen molar-refractivity contribution in [3.8, 4) is 5.75 Å². The minimum absolute atomic E-state index is 0.0464. The third-order valence-corrected chi connectivity index (χ3v) is 4.12. The Morgan fingerprint density at radius 2 is 1.95 bits per heavy atom. The Morgan fingerprint density at radius 1 is 1.20 bits per heavy atom. The highest BCUT2D eigenvalue weighted by Gasteiger charge is 2.22. The van der Waals surface area contributed by atoms with Crippen LogP contribution in [0.3, 0.4) is 0 Å². The summed E-state index contributed by atoms with van der Waals surface area (Å²) < 4.78 is 5.86. The summed E-state index contributed by atoms with van der Waals surface area (Å²) in [4.78, 5) is 11.8. The fraction of sp³-hybridized carbons (Fsp3) is 0.0667. The number of benzene rings is 2. The van der Waals surface area contributed by atoms with Crippen LogP contribution in [0.25, 0.3) is 16.8 Å². The summed E-state index contributed by atoms with van der Waals surface area (Å²) in [6.45, 7) is 0. The van der Waals surface area contributed by atoms with Gasteiger partial charge in [-0.05, 0) is 34.9 Å². The molecule has 0 unspecified atom stereocenters. The summed E-state index contributed by atoms with van der Waals surface area (Å²) in [6.07, 6.45) is 1.83. The first-order valence-electron chi connectivity index (χ1n) is 5.99. The highest BCUT2D eigenvalue weighted by molar-refractivity contribution is 8.33. The topological polar surface area (TPSA) is 38.3 Å². The minimum atomic E-state index is -0.0464. The third kappa shape index (κ3) is 2.30. The Hall–Kier alpha value is -1.85. The maximum atomic E-state index is 11.8. The summed E-state index contributed by atoms with van der Waals surface area (Å²) in [5.41, 5.74) is 1.48. The molecule has 1 aliphatic rings. The van der Waals surface area contributed by atoms with Gasteiger partial charge in [0.25, 0.3) is 0 Å². The van der Waals surface area contributed by atoms with Gasteiger partial charge in [-0.2, -0.15) is 0 Å². The van der Waals surface area contributed by atoms with Crippen molar-refractivity contribution in [3.05, 3.63) is 47.7 Å².